The molecule has 4 N–H and O–H groups in total. The summed E-state index contributed by atoms with van der Waals surface area (Å²) in [6.45, 7) is 0.767. The third-order valence-corrected chi connectivity index (χ3v) is 4.59. The van der Waals surface area contributed by atoms with Gasteiger partial charge in [-0.05, 0) is 6.42 Å². The Kier molecular flexibility index (Phi) is 16.5. The van der Waals surface area contributed by atoms with Crippen LogP contribution in [-0.4, -0.2) is 63.7 Å². The van der Waals surface area contributed by atoms with E-state index < -0.39 is 43.3 Å². The van der Waals surface area contributed by atoms with E-state index in [9.17, 15) is 24.9 Å². The first-order chi connectivity index (χ1) is 12.9. The average Bonchev–Trinajstić information content (AvgIpc) is 2.68. The average molecular weight is 391 g/mol. The van der Waals surface area contributed by atoms with E-state index in [1.165, 1.54) is 51.4 Å². The van der Waals surface area contributed by atoms with Gasteiger partial charge in [0, 0.05) is 6.42 Å². The molecule has 3 atom stereocenters. The van der Waals surface area contributed by atoms with E-state index in [-0.39, 0.29) is 6.42 Å². The number of ketones is 1. The number of carbonyl (C=O) groups is 2. The SMILES string of the molecule is CCCCCCCCCCCCCC(=O)OCC(=O)[C@@H](O)[C@H](O)[C@H](O)CO. The molecule has 0 fully saturated rings. The smallest absolute Gasteiger partial charge is 0.306 e. The van der Waals surface area contributed by atoms with Crippen molar-refractivity contribution in [2.45, 2.75) is 102 Å². The normalized spacial score (nSPS) is 14.6. The van der Waals surface area contributed by atoms with E-state index in [0.717, 1.165) is 12.8 Å². The van der Waals surface area contributed by atoms with Crippen LogP contribution >= 0.6 is 0 Å². The van der Waals surface area contributed by atoms with Gasteiger partial charge in [0.2, 0.25) is 5.78 Å². The van der Waals surface area contributed by atoms with E-state index in [2.05, 4.69) is 6.92 Å². The highest BCUT2D eigenvalue weighted by Crippen LogP contribution is 2.12. The fraction of sp³-hybridized carbons (Fsp3) is 0.900. The Morgan fingerprint density at radius 2 is 1.30 bits per heavy atom. The second kappa shape index (κ2) is 17.1. The van der Waals surface area contributed by atoms with Crippen LogP contribution in [0.3, 0.4) is 0 Å². The summed E-state index contributed by atoms with van der Waals surface area (Å²) in [5, 5.41) is 36.8. The molecule has 160 valence electrons. The summed E-state index contributed by atoms with van der Waals surface area (Å²) in [7, 11) is 0. The molecule has 7 nitrogen and oxygen atoms in total. The molecular weight excluding hydrogens is 352 g/mol. The summed E-state index contributed by atoms with van der Waals surface area (Å²) in [6.07, 6.45) is 7.78. The quantitative estimate of drug-likeness (QED) is 0.208. The minimum Gasteiger partial charge on any atom is -0.458 e. The number of aliphatic hydroxyl groups is 4. The summed E-state index contributed by atoms with van der Waals surface area (Å²) in [4.78, 5) is 23.2. The maximum Gasteiger partial charge on any atom is 0.306 e. The lowest BCUT2D eigenvalue weighted by Gasteiger charge is -2.20. The van der Waals surface area contributed by atoms with Gasteiger partial charge in [0.1, 0.15) is 18.3 Å². The maximum absolute atomic E-state index is 11.6. The Bertz CT molecular complexity index is 387. The predicted molar refractivity (Wildman–Crippen MR) is 102 cm³/mol. The minimum absolute atomic E-state index is 0.211. The number of rotatable bonds is 18. The van der Waals surface area contributed by atoms with E-state index in [1.807, 2.05) is 0 Å². The molecule has 7 heteroatoms. The number of aliphatic hydroxyl groups excluding tert-OH is 4. The van der Waals surface area contributed by atoms with Crippen molar-refractivity contribution >= 4 is 11.8 Å². The summed E-state index contributed by atoms with van der Waals surface area (Å²) in [6, 6.07) is 0. The fourth-order valence-electron chi connectivity index (χ4n) is 2.75. The van der Waals surface area contributed by atoms with E-state index in [4.69, 9.17) is 9.84 Å². The molecule has 0 radical (unpaired) electrons. The molecule has 0 aliphatic carbocycles. The Morgan fingerprint density at radius 3 is 1.78 bits per heavy atom. The van der Waals surface area contributed by atoms with Gasteiger partial charge in [0.15, 0.2) is 6.61 Å². The third-order valence-electron chi connectivity index (χ3n) is 4.59. The first kappa shape index (κ1) is 26.0. The van der Waals surface area contributed by atoms with Crippen molar-refractivity contribution < 1.29 is 34.8 Å². The van der Waals surface area contributed by atoms with Crippen LogP contribution in [0.25, 0.3) is 0 Å². The number of hydrogen-bond acceptors (Lipinski definition) is 7. The molecule has 0 saturated heterocycles. The highest BCUT2D eigenvalue weighted by atomic mass is 16.5. The van der Waals surface area contributed by atoms with Crippen LogP contribution < -0.4 is 0 Å². The summed E-state index contributed by atoms with van der Waals surface area (Å²) in [5.41, 5.74) is 0. The molecule has 0 rings (SSSR count). The molecule has 0 heterocycles. The van der Waals surface area contributed by atoms with Gasteiger partial charge in [-0.3, -0.25) is 9.59 Å². The lowest BCUT2D eigenvalue weighted by molar-refractivity contribution is -0.155. The zero-order valence-corrected chi connectivity index (χ0v) is 16.6. The van der Waals surface area contributed by atoms with Gasteiger partial charge in [0.25, 0.3) is 0 Å². The highest BCUT2D eigenvalue weighted by molar-refractivity contribution is 5.86. The van der Waals surface area contributed by atoms with Crippen LogP contribution in [0.2, 0.25) is 0 Å². The Labute approximate surface area is 162 Å². The second-order valence-corrected chi connectivity index (χ2v) is 7.10. The van der Waals surface area contributed by atoms with E-state index in [0.29, 0.717) is 6.42 Å². The fourth-order valence-corrected chi connectivity index (χ4v) is 2.75. The van der Waals surface area contributed by atoms with Crippen LogP contribution in [0.4, 0.5) is 0 Å². The van der Waals surface area contributed by atoms with Crippen molar-refractivity contribution in [2.24, 2.45) is 0 Å². The Hall–Kier alpha value is -1.02. The van der Waals surface area contributed by atoms with Gasteiger partial charge >= 0.3 is 5.97 Å². The van der Waals surface area contributed by atoms with Crippen LogP contribution in [0.1, 0.15) is 84.0 Å². The van der Waals surface area contributed by atoms with Gasteiger partial charge in [0.05, 0.1) is 6.61 Å². The molecule has 0 unspecified atom stereocenters. The molecule has 0 aromatic carbocycles. The van der Waals surface area contributed by atoms with Crippen LogP contribution in [0.5, 0.6) is 0 Å². The molecule has 0 aromatic rings. The predicted octanol–water partition coefficient (Wildman–Crippen LogP) is 1.87. The van der Waals surface area contributed by atoms with Crippen molar-refractivity contribution in [3.63, 3.8) is 0 Å². The van der Waals surface area contributed by atoms with Gasteiger partial charge in [-0.25, -0.2) is 0 Å². The van der Waals surface area contributed by atoms with E-state index >= 15 is 0 Å². The number of ether oxygens (including phenoxy) is 1. The zero-order chi connectivity index (χ0) is 20.5. The van der Waals surface area contributed by atoms with Crippen LogP contribution in [0, 0.1) is 0 Å². The third kappa shape index (κ3) is 13.7. The molecule has 0 saturated carbocycles. The molecule has 0 amide bonds. The standard InChI is InChI=1S/C20H38O7/c1-2-3-4-5-6-7-8-9-10-11-12-13-18(24)27-15-17(23)20(26)19(25)16(22)14-21/h16,19-22,25-26H,2-15H2,1H3/t16-,19-,20-/m1/s1. The number of hydrogen-bond donors (Lipinski definition) is 4. The van der Waals surface area contributed by atoms with E-state index in [1.54, 1.807) is 0 Å². The van der Waals surface area contributed by atoms with Crippen molar-refractivity contribution in [3.8, 4) is 0 Å². The number of unbranched alkanes of at least 4 members (excludes halogenated alkanes) is 10. The number of carbonyl (C=O) groups excluding carboxylic acids is 2. The molecular formula is C20H38O7. The molecule has 0 aromatic heterocycles. The van der Waals surface area contributed by atoms with Gasteiger partial charge in [-0.15, -0.1) is 0 Å². The lowest BCUT2D eigenvalue weighted by atomic mass is 10.1. The van der Waals surface area contributed by atoms with Gasteiger partial charge in [-0.1, -0.05) is 71.1 Å². The minimum atomic E-state index is -1.90. The Balaban J connectivity index is 3.60. The number of Topliss-reactive ketones (excluding diaryl/α,β-unsaturated/α-hetero) is 1. The molecule has 0 aliphatic heterocycles. The van der Waals surface area contributed by atoms with Crippen LogP contribution in [0.15, 0.2) is 0 Å². The van der Waals surface area contributed by atoms with Crippen molar-refractivity contribution in [1.29, 1.82) is 0 Å². The van der Waals surface area contributed by atoms with Gasteiger partial charge < -0.3 is 25.2 Å². The van der Waals surface area contributed by atoms with Crippen molar-refractivity contribution in [2.75, 3.05) is 13.2 Å². The summed E-state index contributed by atoms with van der Waals surface area (Å²) < 4.78 is 4.78. The summed E-state index contributed by atoms with van der Waals surface area (Å²) >= 11 is 0. The number of esters is 1. The van der Waals surface area contributed by atoms with Crippen molar-refractivity contribution in [3.05, 3.63) is 0 Å². The second-order valence-electron chi connectivity index (χ2n) is 7.10. The van der Waals surface area contributed by atoms with Crippen molar-refractivity contribution in [1.82, 2.24) is 0 Å². The molecule has 0 aliphatic rings. The largest absolute Gasteiger partial charge is 0.458 e. The molecule has 27 heavy (non-hydrogen) atoms. The zero-order valence-electron chi connectivity index (χ0n) is 16.6. The monoisotopic (exact) mass is 390 g/mol. The molecule has 0 spiro atoms. The lowest BCUT2D eigenvalue weighted by Crippen LogP contribution is -2.45. The first-order valence-electron chi connectivity index (χ1n) is 10.3. The first-order valence-corrected chi connectivity index (χ1v) is 10.3. The molecule has 0 bridgehead atoms. The highest BCUT2D eigenvalue weighted by Gasteiger charge is 2.30. The Morgan fingerprint density at radius 1 is 0.815 bits per heavy atom. The van der Waals surface area contributed by atoms with Crippen LogP contribution in [-0.2, 0) is 14.3 Å². The topological polar surface area (TPSA) is 124 Å². The van der Waals surface area contributed by atoms with Gasteiger partial charge in [-0.2, -0.15) is 0 Å². The maximum atomic E-state index is 11.6. The summed E-state index contributed by atoms with van der Waals surface area (Å²) in [5.74, 6) is -1.44.